The molecule has 2 N–H and O–H groups in total. The van der Waals surface area contributed by atoms with E-state index in [2.05, 4.69) is 20.4 Å². The number of ketones is 1. The number of carbonyl (C=O) groups is 3. The highest BCUT2D eigenvalue weighted by atomic mass is 16.2. The molecular weight excluding hydrogens is 358 g/mol. The van der Waals surface area contributed by atoms with Gasteiger partial charge in [-0.15, -0.1) is 0 Å². The number of nitrogens with zero attached hydrogens (tertiary/aromatic N) is 3. The molecule has 0 unspecified atom stereocenters. The molecule has 2 aliphatic heterocycles. The lowest BCUT2D eigenvalue weighted by Gasteiger charge is -2.42. The lowest BCUT2D eigenvalue weighted by Crippen LogP contribution is -2.51. The Bertz CT molecular complexity index is 749. The van der Waals surface area contributed by atoms with Crippen molar-refractivity contribution in [3.63, 3.8) is 0 Å². The van der Waals surface area contributed by atoms with Crippen LogP contribution >= 0.6 is 0 Å². The highest BCUT2D eigenvalue weighted by Gasteiger charge is 2.34. The molecule has 0 bridgehead atoms. The molecular formula is C20H29N5O3. The van der Waals surface area contributed by atoms with Crippen molar-refractivity contribution in [2.45, 2.75) is 57.5 Å². The minimum Gasteiger partial charge on any atom is -0.353 e. The zero-order valence-electron chi connectivity index (χ0n) is 16.4. The Balaban J connectivity index is 1.28. The summed E-state index contributed by atoms with van der Waals surface area (Å²) in [4.78, 5) is 40.7. The van der Waals surface area contributed by atoms with E-state index in [1.807, 2.05) is 4.90 Å². The van der Waals surface area contributed by atoms with Crippen molar-refractivity contribution < 1.29 is 14.4 Å². The molecule has 0 aromatic carbocycles. The van der Waals surface area contributed by atoms with Gasteiger partial charge in [-0.05, 0) is 51.1 Å². The summed E-state index contributed by atoms with van der Waals surface area (Å²) in [5.41, 5.74) is 0.667. The van der Waals surface area contributed by atoms with E-state index >= 15 is 0 Å². The van der Waals surface area contributed by atoms with Gasteiger partial charge >= 0.3 is 0 Å². The van der Waals surface area contributed by atoms with Crippen LogP contribution in [0, 0.1) is 5.92 Å². The highest BCUT2D eigenvalue weighted by molar-refractivity contribution is 5.97. The van der Waals surface area contributed by atoms with Crippen LogP contribution in [0.15, 0.2) is 6.07 Å². The summed E-state index contributed by atoms with van der Waals surface area (Å²) in [5, 5.41) is 9.73. The average Bonchev–Trinajstić information content (AvgIpc) is 3.38. The first kappa shape index (κ1) is 19.1. The number of hydrogen-bond donors (Lipinski definition) is 2. The molecule has 0 radical (unpaired) electrons. The van der Waals surface area contributed by atoms with Gasteiger partial charge in [0.1, 0.15) is 11.4 Å². The molecule has 1 saturated carbocycles. The van der Waals surface area contributed by atoms with E-state index in [1.54, 1.807) is 0 Å². The van der Waals surface area contributed by atoms with Crippen molar-refractivity contribution in [3.05, 3.63) is 17.5 Å². The Hall–Kier alpha value is -2.22. The number of aromatic amines is 1. The van der Waals surface area contributed by atoms with Crippen LogP contribution in [-0.4, -0.2) is 75.9 Å². The van der Waals surface area contributed by atoms with E-state index in [0.717, 1.165) is 51.6 Å². The van der Waals surface area contributed by atoms with Crippen molar-refractivity contribution in [3.8, 4) is 0 Å². The predicted octanol–water partition coefficient (Wildman–Crippen LogP) is 1.21. The molecule has 8 nitrogen and oxygen atoms in total. The second kappa shape index (κ2) is 8.03. The first-order valence-corrected chi connectivity index (χ1v) is 10.4. The summed E-state index contributed by atoms with van der Waals surface area (Å²) in [6.45, 7) is 4.68. The molecule has 2 amide bonds. The molecule has 3 fully saturated rings. The Kier molecular flexibility index (Phi) is 5.48. The van der Waals surface area contributed by atoms with Crippen LogP contribution in [-0.2, 0) is 4.79 Å². The fraction of sp³-hybridized carbons (Fsp3) is 0.700. The molecule has 2 saturated heterocycles. The number of carbonyl (C=O) groups excluding carboxylic acids is 3. The van der Waals surface area contributed by atoms with Crippen molar-refractivity contribution in [2.24, 2.45) is 5.92 Å². The molecule has 8 heteroatoms. The van der Waals surface area contributed by atoms with Gasteiger partial charge in [0, 0.05) is 38.6 Å². The number of likely N-dealkylation sites (tertiary alicyclic amines) is 2. The van der Waals surface area contributed by atoms with Crippen LogP contribution in [0.25, 0.3) is 0 Å². The molecule has 3 aliphatic rings. The lowest BCUT2D eigenvalue weighted by atomic mass is 9.93. The maximum atomic E-state index is 12.6. The summed E-state index contributed by atoms with van der Waals surface area (Å²) in [7, 11) is 0. The molecule has 1 aromatic heterocycles. The Morgan fingerprint density at radius 2 is 1.86 bits per heavy atom. The third-order valence-corrected chi connectivity index (χ3v) is 6.18. The first-order valence-electron chi connectivity index (χ1n) is 10.4. The topological polar surface area (TPSA) is 98.4 Å². The zero-order chi connectivity index (χ0) is 19.7. The van der Waals surface area contributed by atoms with E-state index in [1.165, 1.54) is 13.0 Å². The number of rotatable bonds is 5. The predicted molar refractivity (Wildman–Crippen MR) is 103 cm³/mol. The van der Waals surface area contributed by atoms with Gasteiger partial charge in [0.15, 0.2) is 5.78 Å². The second-order valence-corrected chi connectivity index (χ2v) is 8.36. The second-order valence-electron chi connectivity index (χ2n) is 8.36. The average molecular weight is 387 g/mol. The van der Waals surface area contributed by atoms with Gasteiger partial charge in [0.2, 0.25) is 5.91 Å². The van der Waals surface area contributed by atoms with Crippen LogP contribution in [0.2, 0.25) is 0 Å². The van der Waals surface area contributed by atoms with Gasteiger partial charge in [0.05, 0.1) is 5.92 Å². The third-order valence-electron chi connectivity index (χ3n) is 6.18. The van der Waals surface area contributed by atoms with E-state index < -0.39 is 0 Å². The molecule has 3 heterocycles. The normalized spacial score (nSPS) is 24.2. The van der Waals surface area contributed by atoms with E-state index in [4.69, 9.17) is 0 Å². The molecule has 4 rings (SSSR count). The molecule has 0 spiro atoms. The highest BCUT2D eigenvalue weighted by Crippen LogP contribution is 2.26. The smallest absolute Gasteiger partial charge is 0.271 e. The van der Waals surface area contributed by atoms with E-state index in [0.29, 0.717) is 36.6 Å². The SMILES string of the molecule is CC(=O)c1cc(C(=O)N2CCC(N3CCC[C@H](C(=O)NC4CC4)C3)CC2)[nH]n1. The standard InChI is InChI=1S/C20H29N5O3/c1-13(26)17-11-18(23-22-17)20(28)24-9-6-16(7-10-24)25-8-2-3-14(12-25)19(27)21-15-4-5-15/h11,14-16H,2-10,12H2,1H3,(H,21,27)(H,22,23)/t14-/m0/s1. The van der Waals surface area contributed by atoms with E-state index in [9.17, 15) is 14.4 Å². The number of piperidine rings is 2. The van der Waals surface area contributed by atoms with Crippen LogP contribution in [0.4, 0.5) is 0 Å². The number of Topliss-reactive ketones (excluding diaryl/α,β-unsaturated/α-hetero) is 1. The van der Waals surface area contributed by atoms with Crippen LogP contribution in [0.5, 0.6) is 0 Å². The number of amides is 2. The maximum Gasteiger partial charge on any atom is 0.271 e. The fourth-order valence-corrected chi connectivity index (χ4v) is 4.31. The molecule has 1 atom stereocenters. The quantitative estimate of drug-likeness (QED) is 0.740. The minimum absolute atomic E-state index is 0.0984. The number of hydrogen-bond acceptors (Lipinski definition) is 5. The maximum absolute atomic E-state index is 12.6. The van der Waals surface area contributed by atoms with Crippen molar-refractivity contribution in [2.75, 3.05) is 26.2 Å². The Labute approximate surface area is 165 Å². The Morgan fingerprint density at radius 1 is 1.11 bits per heavy atom. The monoisotopic (exact) mass is 387 g/mol. The third kappa shape index (κ3) is 4.27. The van der Waals surface area contributed by atoms with Gasteiger partial charge in [-0.2, -0.15) is 5.10 Å². The molecule has 152 valence electrons. The van der Waals surface area contributed by atoms with Gasteiger partial charge < -0.3 is 10.2 Å². The summed E-state index contributed by atoms with van der Waals surface area (Å²) in [6.07, 6.45) is 6.11. The summed E-state index contributed by atoms with van der Waals surface area (Å²) >= 11 is 0. The van der Waals surface area contributed by atoms with Gasteiger partial charge in [-0.25, -0.2) is 0 Å². The molecule has 1 aromatic rings. The fourth-order valence-electron chi connectivity index (χ4n) is 4.31. The lowest BCUT2D eigenvalue weighted by molar-refractivity contribution is -0.127. The number of aromatic nitrogens is 2. The van der Waals surface area contributed by atoms with Crippen LogP contribution in [0.3, 0.4) is 0 Å². The molecule has 28 heavy (non-hydrogen) atoms. The van der Waals surface area contributed by atoms with Crippen molar-refractivity contribution in [1.82, 2.24) is 25.3 Å². The zero-order valence-corrected chi connectivity index (χ0v) is 16.4. The first-order chi connectivity index (χ1) is 13.5. The van der Waals surface area contributed by atoms with Crippen LogP contribution < -0.4 is 5.32 Å². The Morgan fingerprint density at radius 3 is 2.50 bits per heavy atom. The largest absolute Gasteiger partial charge is 0.353 e. The van der Waals surface area contributed by atoms with Crippen molar-refractivity contribution in [1.29, 1.82) is 0 Å². The molecule has 1 aliphatic carbocycles. The van der Waals surface area contributed by atoms with Gasteiger partial charge in [-0.1, -0.05) is 0 Å². The van der Waals surface area contributed by atoms with E-state index in [-0.39, 0.29) is 23.5 Å². The van der Waals surface area contributed by atoms with Gasteiger partial charge in [-0.3, -0.25) is 24.4 Å². The van der Waals surface area contributed by atoms with Gasteiger partial charge in [0.25, 0.3) is 5.91 Å². The number of H-pyrrole nitrogens is 1. The minimum atomic E-state index is -0.153. The summed E-state index contributed by atoms with van der Waals surface area (Å²) in [6, 6.07) is 2.38. The van der Waals surface area contributed by atoms with Crippen molar-refractivity contribution >= 4 is 17.6 Å². The summed E-state index contributed by atoms with van der Waals surface area (Å²) in [5.74, 6) is 0.0718. The number of nitrogens with one attached hydrogen (secondary N) is 2. The summed E-state index contributed by atoms with van der Waals surface area (Å²) < 4.78 is 0. The van der Waals surface area contributed by atoms with Crippen LogP contribution in [0.1, 0.15) is 66.4 Å².